The maximum atomic E-state index is 13.3. The number of carbonyl (C=O) groups is 1. The molecule has 0 radical (unpaired) electrons. The topological polar surface area (TPSA) is 59.4 Å². The van der Waals surface area contributed by atoms with Crippen molar-refractivity contribution in [2.24, 2.45) is 7.05 Å². The largest absolute Gasteiger partial charge is 0.377 e. The predicted molar refractivity (Wildman–Crippen MR) is 113 cm³/mol. The Morgan fingerprint density at radius 2 is 2.07 bits per heavy atom. The Bertz CT molecular complexity index is 874. The fourth-order valence-electron chi connectivity index (χ4n) is 4.51. The highest BCUT2D eigenvalue weighted by Crippen LogP contribution is 2.27. The highest BCUT2D eigenvalue weighted by Gasteiger charge is 2.31. The maximum Gasteiger partial charge on any atom is 0.274 e. The summed E-state index contributed by atoms with van der Waals surface area (Å²) < 4.78 is 7.55. The minimum Gasteiger partial charge on any atom is -0.377 e. The van der Waals surface area contributed by atoms with Gasteiger partial charge >= 0.3 is 0 Å². The van der Waals surface area contributed by atoms with Crippen LogP contribution in [0.2, 0.25) is 0 Å². The van der Waals surface area contributed by atoms with Crippen LogP contribution in [-0.4, -0.2) is 52.4 Å². The molecular formula is C23H32N4O2. The second kappa shape index (κ2) is 8.67. The van der Waals surface area contributed by atoms with Crippen molar-refractivity contribution in [3.05, 3.63) is 52.3 Å². The molecule has 4 rings (SSSR count). The lowest BCUT2D eigenvalue weighted by atomic mass is 9.90. The molecular weight excluding hydrogens is 364 g/mol. The lowest BCUT2D eigenvalue weighted by Crippen LogP contribution is -2.39. The van der Waals surface area contributed by atoms with Gasteiger partial charge in [-0.2, -0.15) is 5.10 Å². The molecule has 1 atom stereocenters. The lowest BCUT2D eigenvalue weighted by molar-refractivity contribution is 0.0725. The molecule has 6 heteroatoms. The fourth-order valence-corrected chi connectivity index (χ4v) is 4.51. The van der Waals surface area contributed by atoms with E-state index in [4.69, 9.17) is 4.74 Å². The van der Waals surface area contributed by atoms with Crippen molar-refractivity contribution in [1.29, 1.82) is 0 Å². The quantitative estimate of drug-likeness (QED) is 0.762. The van der Waals surface area contributed by atoms with Gasteiger partial charge in [-0.25, -0.2) is 0 Å². The number of hydrogen-bond donors (Lipinski definition) is 1. The van der Waals surface area contributed by atoms with Crippen LogP contribution in [0.3, 0.4) is 0 Å². The van der Waals surface area contributed by atoms with Gasteiger partial charge in [-0.15, -0.1) is 0 Å². The maximum absolute atomic E-state index is 13.3. The summed E-state index contributed by atoms with van der Waals surface area (Å²) in [6.07, 6.45) is 4.05. The molecule has 0 saturated carbocycles. The zero-order valence-electron chi connectivity index (χ0n) is 17.8. The predicted octanol–water partition coefficient (Wildman–Crippen LogP) is 2.49. The summed E-state index contributed by atoms with van der Waals surface area (Å²) in [5.41, 5.74) is 5.59. The van der Waals surface area contributed by atoms with Crippen LogP contribution in [0.15, 0.2) is 24.3 Å². The van der Waals surface area contributed by atoms with E-state index in [1.807, 2.05) is 16.6 Å². The number of benzene rings is 1. The summed E-state index contributed by atoms with van der Waals surface area (Å²) in [6, 6.07) is 8.79. The second-order valence-corrected chi connectivity index (χ2v) is 8.46. The molecule has 1 aromatic heterocycles. The van der Waals surface area contributed by atoms with Crippen LogP contribution in [0.4, 0.5) is 0 Å². The van der Waals surface area contributed by atoms with Crippen LogP contribution < -0.4 is 5.32 Å². The molecule has 0 saturated heterocycles. The first-order valence-corrected chi connectivity index (χ1v) is 10.8. The van der Waals surface area contributed by atoms with Crippen molar-refractivity contribution >= 4 is 5.91 Å². The van der Waals surface area contributed by atoms with Crippen LogP contribution in [0, 0.1) is 0 Å². The number of carbonyl (C=O) groups excluding carboxylic acids is 1. The van der Waals surface area contributed by atoms with E-state index in [0.29, 0.717) is 24.9 Å². The van der Waals surface area contributed by atoms with E-state index in [9.17, 15) is 4.79 Å². The van der Waals surface area contributed by atoms with Gasteiger partial charge in [-0.3, -0.25) is 9.48 Å². The van der Waals surface area contributed by atoms with E-state index in [1.165, 1.54) is 16.8 Å². The molecule has 29 heavy (non-hydrogen) atoms. The van der Waals surface area contributed by atoms with Gasteiger partial charge < -0.3 is 15.0 Å². The van der Waals surface area contributed by atoms with Gasteiger partial charge in [0.1, 0.15) is 0 Å². The van der Waals surface area contributed by atoms with Crippen LogP contribution in [-0.2, 0) is 37.6 Å². The molecule has 0 spiro atoms. The van der Waals surface area contributed by atoms with Crippen molar-refractivity contribution in [2.45, 2.75) is 58.2 Å². The van der Waals surface area contributed by atoms with Crippen LogP contribution in [0.5, 0.6) is 0 Å². The molecule has 2 aliphatic rings. The lowest BCUT2D eigenvalue weighted by Gasteiger charge is -2.29. The number of nitrogens with zero attached hydrogens (tertiary/aromatic N) is 3. The standard InChI is InChI=1S/C23H32N4O2/c1-16(2)29-13-11-24-19-8-9-21-20(14-19)22(25-26(21)3)23(28)27-12-10-17-6-4-5-7-18(17)15-27/h4-7,16,19,24H,8-15H2,1-3H3/t19-/m1/s1. The Morgan fingerprint density at radius 3 is 2.86 bits per heavy atom. The molecule has 1 aromatic carbocycles. The highest BCUT2D eigenvalue weighted by atomic mass is 16.5. The van der Waals surface area contributed by atoms with Gasteiger partial charge in [0.15, 0.2) is 5.69 Å². The van der Waals surface area contributed by atoms with Crippen molar-refractivity contribution in [3.8, 4) is 0 Å². The highest BCUT2D eigenvalue weighted by molar-refractivity contribution is 5.94. The first-order valence-electron chi connectivity index (χ1n) is 10.8. The summed E-state index contributed by atoms with van der Waals surface area (Å²) in [7, 11) is 1.96. The molecule has 0 fully saturated rings. The number of ether oxygens (including phenoxy) is 1. The smallest absolute Gasteiger partial charge is 0.274 e. The SMILES string of the molecule is CC(C)OCCN[C@@H]1CCc2c(c(C(=O)N3CCc4ccccc4C3)nn2C)C1. The zero-order valence-corrected chi connectivity index (χ0v) is 17.8. The Balaban J connectivity index is 1.45. The molecule has 0 bridgehead atoms. The summed E-state index contributed by atoms with van der Waals surface area (Å²) in [4.78, 5) is 15.3. The Hall–Kier alpha value is -2.18. The molecule has 0 unspecified atom stereocenters. The van der Waals surface area contributed by atoms with Gasteiger partial charge in [0.2, 0.25) is 0 Å². The number of aryl methyl sites for hydroxylation is 1. The van der Waals surface area contributed by atoms with Crippen molar-refractivity contribution in [1.82, 2.24) is 20.0 Å². The average Bonchev–Trinajstić information content (AvgIpc) is 3.06. The van der Waals surface area contributed by atoms with Gasteiger partial charge in [-0.1, -0.05) is 24.3 Å². The van der Waals surface area contributed by atoms with Gasteiger partial charge in [0.05, 0.1) is 12.7 Å². The number of aromatic nitrogens is 2. The van der Waals surface area contributed by atoms with Crippen molar-refractivity contribution in [2.75, 3.05) is 19.7 Å². The molecule has 156 valence electrons. The van der Waals surface area contributed by atoms with Crippen molar-refractivity contribution < 1.29 is 9.53 Å². The molecule has 1 aliphatic carbocycles. The molecule has 1 N–H and O–H groups in total. The minimum absolute atomic E-state index is 0.0696. The van der Waals surface area contributed by atoms with Crippen molar-refractivity contribution in [3.63, 3.8) is 0 Å². The summed E-state index contributed by atoms with van der Waals surface area (Å²) in [5.74, 6) is 0.0696. The molecule has 2 aromatic rings. The summed E-state index contributed by atoms with van der Waals surface area (Å²) in [5, 5.41) is 8.25. The Labute approximate surface area is 173 Å². The molecule has 1 aliphatic heterocycles. The average molecular weight is 397 g/mol. The Kier molecular flexibility index (Phi) is 6.01. The Morgan fingerprint density at radius 1 is 1.28 bits per heavy atom. The molecule has 2 heterocycles. The first-order chi connectivity index (χ1) is 14.0. The van der Waals surface area contributed by atoms with Gasteiger partial charge in [-0.05, 0) is 50.7 Å². The minimum atomic E-state index is 0.0696. The van der Waals surface area contributed by atoms with E-state index >= 15 is 0 Å². The zero-order chi connectivity index (χ0) is 20.4. The monoisotopic (exact) mass is 396 g/mol. The number of fused-ring (bicyclic) bond motifs is 2. The molecule has 1 amide bonds. The summed E-state index contributed by atoms with van der Waals surface area (Å²) >= 11 is 0. The third-order valence-electron chi connectivity index (χ3n) is 6.06. The van der Waals surface area contributed by atoms with E-state index < -0.39 is 0 Å². The van der Waals surface area contributed by atoms with E-state index in [2.05, 4.69) is 48.5 Å². The van der Waals surface area contributed by atoms with Gasteiger partial charge in [0.25, 0.3) is 5.91 Å². The first kappa shape index (κ1) is 20.1. The number of nitrogens with one attached hydrogen (secondary N) is 1. The third kappa shape index (κ3) is 4.38. The second-order valence-electron chi connectivity index (χ2n) is 8.46. The van der Waals surface area contributed by atoms with Crippen LogP contribution >= 0.6 is 0 Å². The van der Waals surface area contributed by atoms with E-state index in [-0.39, 0.29) is 12.0 Å². The number of hydrogen-bond acceptors (Lipinski definition) is 4. The molecule has 6 nitrogen and oxygen atoms in total. The van der Waals surface area contributed by atoms with Crippen LogP contribution in [0.1, 0.15) is 53.1 Å². The third-order valence-corrected chi connectivity index (χ3v) is 6.06. The van der Waals surface area contributed by atoms with E-state index in [0.717, 1.165) is 44.3 Å². The van der Waals surface area contributed by atoms with Crippen LogP contribution in [0.25, 0.3) is 0 Å². The normalized spacial score (nSPS) is 18.6. The van der Waals surface area contributed by atoms with Gasteiger partial charge in [0, 0.05) is 44.0 Å². The number of rotatable bonds is 6. The van der Waals surface area contributed by atoms with E-state index in [1.54, 1.807) is 0 Å². The summed E-state index contributed by atoms with van der Waals surface area (Å²) in [6.45, 7) is 7.10. The number of amides is 1. The fraction of sp³-hybridized carbons (Fsp3) is 0.565.